The van der Waals surface area contributed by atoms with Crippen LogP contribution >= 0.6 is 0 Å². The van der Waals surface area contributed by atoms with Gasteiger partial charge in [-0.15, -0.1) is 0 Å². The molecule has 2 aromatic carbocycles. The summed E-state index contributed by atoms with van der Waals surface area (Å²) in [6, 6.07) is 15.3. The predicted octanol–water partition coefficient (Wildman–Crippen LogP) is 3.04. The third kappa shape index (κ3) is 4.42. The largest absolute Gasteiger partial charge is 0.497 e. The van der Waals surface area contributed by atoms with Crippen LogP contribution in [-0.4, -0.2) is 31.7 Å². The summed E-state index contributed by atoms with van der Waals surface area (Å²) in [4.78, 5) is 12.1. The monoisotopic (exact) mass is 368 g/mol. The van der Waals surface area contributed by atoms with Crippen molar-refractivity contribution in [3.63, 3.8) is 0 Å². The molecule has 0 fully saturated rings. The first-order valence-corrected chi connectivity index (χ1v) is 9.13. The van der Waals surface area contributed by atoms with Crippen LogP contribution in [0.2, 0.25) is 0 Å². The molecule has 8 heteroatoms. The zero-order valence-electron chi connectivity index (χ0n) is 13.9. The number of benzene rings is 2. The molecule has 1 heterocycles. The van der Waals surface area contributed by atoms with Crippen molar-refractivity contribution >= 4 is 27.9 Å². The smallest absolute Gasteiger partial charge is 0.264 e. The number of hydrogen-bond acceptors (Lipinski definition) is 6. The van der Waals surface area contributed by atoms with E-state index in [1.165, 1.54) is 24.5 Å². The van der Waals surface area contributed by atoms with Gasteiger partial charge in [0.15, 0.2) is 0 Å². The minimum Gasteiger partial charge on any atom is -0.497 e. The number of anilines is 1. The Kier molecular flexibility index (Phi) is 5.23. The highest BCUT2D eigenvalue weighted by molar-refractivity contribution is 7.92. The summed E-state index contributed by atoms with van der Waals surface area (Å²) in [5.74, 6) is 0.792. The van der Waals surface area contributed by atoms with Crippen LogP contribution in [0, 0.1) is 0 Å². The first-order chi connectivity index (χ1) is 12.6. The zero-order valence-corrected chi connectivity index (χ0v) is 14.7. The molecule has 0 radical (unpaired) electrons. The minimum atomic E-state index is -3.75. The fourth-order valence-corrected chi connectivity index (χ4v) is 3.04. The van der Waals surface area contributed by atoms with E-state index in [-0.39, 0.29) is 10.8 Å². The Morgan fingerprint density at radius 3 is 2.27 bits per heavy atom. The highest BCUT2D eigenvalue weighted by Gasteiger charge is 2.15. The zero-order chi connectivity index (χ0) is 18.4. The average Bonchev–Trinajstić information content (AvgIpc) is 2.67. The van der Waals surface area contributed by atoms with E-state index in [4.69, 9.17) is 4.74 Å². The molecule has 0 aliphatic heterocycles. The maximum absolute atomic E-state index is 12.3. The van der Waals surface area contributed by atoms with Gasteiger partial charge in [-0.1, -0.05) is 0 Å². The van der Waals surface area contributed by atoms with Crippen molar-refractivity contribution in [2.24, 2.45) is 4.99 Å². The number of hydrogen-bond donors (Lipinski definition) is 1. The highest BCUT2D eigenvalue weighted by Crippen LogP contribution is 2.18. The molecular formula is C18H16N4O3S. The Morgan fingerprint density at radius 2 is 1.65 bits per heavy atom. The molecule has 3 aromatic rings. The topological polar surface area (TPSA) is 93.5 Å². The van der Waals surface area contributed by atoms with Gasteiger partial charge in [-0.25, -0.2) is 23.1 Å². The van der Waals surface area contributed by atoms with Crippen LogP contribution in [-0.2, 0) is 10.0 Å². The Labute approximate surface area is 151 Å². The Bertz CT molecular complexity index is 987. The number of aliphatic imine (C=N–C) groups is 1. The fourth-order valence-electron chi connectivity index (χ4n) is 2.08. The maximum atomic E-state index is 12.3. The molecule has 26 heavy (non-hydrogen) atoms. The number of nitrogens with zero attached hydrogens (tertiary/aromatic N) is 3. The normalized spacial score (nSPS) is 11.4. The van der Waals surface area contributed by atoms with E-state index in [1.807, 2.05) is 24.3 Å². The maximum Gasteiger partial charge on any atom is 0.264 e. The first kappa shape index (κ1) is 17.6. The third-order valence-electron chi connectivity index (χ3n) is 3.42. The van der Waals surface area contributed by atoms with E-state index in [0.717, 1.165) is 11.3 Å². The van der Waals surface area contributed by atoms with E-state index in [9.17, 15) is 8.42 Å². The van der Waals surface area contributed by atoms with Crippen LogP contribution in [0.3, 0.4) is 0 Å². The number of rotatable bonds is 6. The fraction of sp³-hybridized carbons (Fsp3) is 0.0556. The van der Waals surface area contributed by atoms with Crippen molar-refractivity contribution in [1.82, 2.24) is 9.97 Å². The summed E-state index contributed by atoms with van der Waals surface area (Å²) >= 11 is 0. The van der Waals surface area contributed by atoms with E-state index in [2.05, 4.69) is 19.7 Å². The van der Waals surface area contributed by atoms with Gasteiger partial charge in [0, 0.05) is 18.6 Å². The molecule has 0 atom stereocenters. The summed E-state index contributed by atoms with van der Waals surface area (Å²) in [7, 11) is -2.14. The number of methoxy groups -OCH3 is 1. The van der Waals surface area contributed by atoms with E-state index in [1.54, 1.807) is 31.5 Å². The highest BCUT2D eigenvalue weighted by atomic mass is 32.2. The van der Waals surface area contributed by atoms with Gasteiger partial charge in [0.05, 0.1) is 17.7 Å². The van der Waals surface area contributed by atoms with Gasteiger partial charge in [-0.3, -0.25) is 4.99 Å². The lowest BCUT2D eigenvalue weighted by Crippen LogP contribution is -2.14. The summed E-state index contributed by atoms with van der Waals surface area (Å²) in [6.45, 7) is 0. The average molecular weight is 368 g/mol. The molecule has 0 unspecified atom stereocenters. The van der Waals surface area contributed by atoms with Crippen LogP contribution in [0.4, 0.5) is 11.6 Å². The van der Waals surface area contributed by atoms with E-state index >= 15 is 0 Å². The van der Waals surface area contributed by atoms with Crippen molar-refractivity contribution in [2.45, 2.75) is 4.90 Å². The molecular weight excluding hydrogens is 352 g/mol. The lowest BCUT2D eigenvalue weighted by Gasteiger charge is -2.06. The standard InChI is InChI=1S/C18H16N4O3S/c1-25-16-7-3-14(4-8-16)13-21-15-5-9-17(10-6-15)26(23,24)22-18-19-11-2-12-20-18/h2-13H,1H3,(H,19,20,22). The summed E-state index contributed by atoms with van der Waals surface area (Å²) < 4.78 is 32.0. The van der Waals surface area contributed by atoms with Crippen LogP contribution < -0.4 is 9.46 Å². The molecule has 0 aliphatic carbocycles. The van der Waals surface area contributed by atoms with E-state index < -0.39 is 10.0 Å². The third-order valence-corrected chi connectivity index (χ3v) is 4.76. The van der Waals surface area contributed by atoms with Crippen molar-refractivity contribution in [3.8, 4) is 5.75 Å². The van der Waals surface area contributed by atoms with E-state index in [0.29, 0.717) is 5.69 Å². The molecule has 7 nitrogen and oxygen atoms in total. The van der Waals surface area contributed by atoms with Crippen LogP contribution in [0.25, 0.3) is 0 Å². The van der Waals surface area contributed by atoms with Crippen LogP contribution in [0.5, 0.6) is 5.75 Å². The number of nitrogens with one attached hydrogen (secondary N) is 1. The lowest BCUT2D eigenvalue weighted by molar-refractivity contribution is 0.415. The van der Waals surface area contributed by atoms with Crippen LogP contribution in [0.1, 0.15) is 5.56 Å². The van der Waals surface area contributed by atoms with Gasteiger partial charge in [0.2, 0.25) is 5.95 Å². The first-order valence-electron chi connectivity index (χ1n) is 7.65. The number of ether oxygens (including phenoxy) is 1. The van der Waals surface area contributed by atoms with Gasteiger partial charge >= 0.3 is 0 Å². The molecule has 1 aromatic heterocycles. The number of aromatic nitrogens is 2. The van der Waals surface area contributed by atoms with Crippen molar-refractivity contribution in [2.75, 3.05) is 11.8 Å². The quantitative estimate of drug-likeness (QED) is 0.675. The summed E-state index contributed by atoms with van der Waals surface area (Å²) in [5, 5.41) is 0. The molecule has 132 valence electrons. The second-order valence-corrected chi connectivity index (χ2v) is 6.89. The van der Waals surface area contributed by atoms with Gasteiger partial charge < -0.3 is 4.74 Å². The predicted molar refractivity (Wildman–Crippen MR) is 99.5 cm³/mol. The molecule has 0 aliphatic rings. The Balaban J connectivity index is 1.72. The van der Waals surface area contributed by atoms with Crippen molar-refractivity contribution in [3.05, 3.63) is 72.6 Å². The molecule has 1 N–H and O–H groups in total. The lowest BCUT2D eigenvalue weighted by atomic mass is 10.2. The Hall–Kier alpha value is -3.26. The molecule has 3 rings (SSSR count). The Morgan fingerprint density at radius 1 is 1.00 bits per heavy atom. The minimum absolute atomic E-state index is 0.0223. The molecule has 0 bridgehead atoms. The summed E-state index contributed by atoms with van der Waals surface area (Å²) in [5.41, 5.74) is 1.54. The molecule has 0 amide bonds. The molecule has 0 saturated carbocycles. The van der Waals surface area contributed by atoms with Gasteiger partial charge in [0.1, 0.15) is 5.75 Å². The molecule has 0 spiro atoms. The van der Waals surface area contributed by atoms with Gasteiger partial charge in [-0.2, -0.15) is 0 Å². The second-order valence-electron chi connectivity index (χ2n) is 5.20. The summed E-state index contributed by atoms with van der Waals surface area (Å²) in [6.07, 6.45) is 4.61. The van der Waals surface area contributed by atoms with Gasteiger partial charge in [0.25, 0.3) is 10.0 Å². The van der Waals surface area contributed by atoms with Gasteiger partial charge in [-0.05, 0) is 60.2 Å². The van der Waals surface area contributed by atoms with Crippen molar-refractivity contribution < 1.29 is 13.2 Å². The SMILES string of the molecule is COc1ccc(C=Nc2ccc(S(=O)(=O)Nc3ncccn3)cc2)cc1. The molecule has 0 saturated heterocycles. The van der Waals surface area contributed by atoms with Crippen LogP contribution in [0.15, 0.2) is 76.9 Å². The van der Waals surface area contributed by atoms with Crippen molar-refractivity contribution in [1.29, 1.82) is 0 Å². The number of sulfonamides is 1. The second kappa shape index (κ2) is 7.75.